The number of carbonyl (C=O) groups is 1. The lowest BCUT2D eigenvalue weighted by Gasteiger charge is -2.12. The molecule has 0 fully saturated rings. The van der Waals surface area contributed by atoms with Crippen molar-refractivity contribution in [2.45, 2.75) is 19.8 Å². The molecule has 1 N–H and O–H groups in total. The van der Waals surface area contributed by atoms with Gasteiger partial charge in [0.15, 0.2) is 0 Å². The second-order valence-corrected chi connectivity index (χ2v) is 5.46. The minimum Gasteiger partial charge on any atom is -0.491 e. The van der Waals surface area contributed by atoms with E-state index in [1.54, 1.807) is 12.3 Å². The quantitative estimate of drug-likeness (QED) is 0.792. The minimum absolute atomic E-state index is 0.213. The van der Waals surface area contributed by atoms with E-state index in [9.17, 15) is 4.79 Å². The third-order valence-electron chi connectivity index (χ3n) is 2.86. The summed E-state index contributed by atoms with van der Waals surface area (Å²) in [6, 6.07) is 9.15. The van der Waals surface area contributed by atoms with E-state index in [4.69, 9.17) is 4.74 Å². The van der Waals surface area contributed by atoms with Crippen LogP contribution in [0.15, 0.2) is 47.2 Å². The fourth-order valence-corrected chi connectivity index (χ4v) is 2.12. The molecular weight excluding hydrogens is 332 g/mol. The predicted molar refractivity (Wildman–Crippen MR) is 86.7 cm³/mol. The van der Waals surface area contributed by atoms with Crippen LogP contribution in [0, 0.1) is 0 Å². The molecule has 21 heavy (non-hydrogen) atoms. The number of nitrogens with one attached hydrogen (secondary N) is 1. The van der Waals surface area contributed by atoms with Gasteiger partial charge in [-0.1, -0.05) is 25.5 Å². The number of halogens is 1. The van der Waals surface area contributed by atoms with Crippen LogP contribution in [0.3, 0.4) is 0 Å². The van der Waals surface area contributed by atoms with Gasteiger partial charge in [-0.25, -0.2) is 0 Å². The number of hydrogen-bond acceptors (Lipinski definition) is 3. The van der Waals surface area contributed by atoms with Crippen molar-refractivity contribution < 1.29 is 9.53 Å². The van der Waals surface area contributed by atoms with E-state index in [0.29, 0.717) is 23.6 Å². The van der Waals surface area contributed by atoms with Crippen LogP contribution in [0.4, 0.5) is 5.69 Å². The van der Waals surface area contributed by atoms with Gasteiger partial charge in [-0.15, -0.1) is 0 Å². The van der Waals surface area contributed by atoms with E-state index in [1.165, 1.54) is 6.20 Å². The molecule has 2 aromatic rings. The fraction of sp³-hybridized carbons (Fsp3) is 0.250. The molecule has 5 heteroatoms. The summed E-state index contributed by atoms with van der Waals surface area (Å²) in [5, 5.41) is 2.86. The molecule has 0 bridgehead atoms. The van der Waals surface area contributed by atoms with Crippen LogP contribution in [-0.2, 0) is 0 Å². The third kappa shape index (κ3) is 4.56. The Kier molecular flexibility index (Phi) is 5.75. The Morgan fingerprint density at radius 1 is 1.33 bits per heavy atom. The second-order valence-electron chi connectivity index (χ2n) is 4.54. The molecule has 1 amide bonds. The smallest absolute Gasteiger partial charge is 0.257 e. The van der Waals surface area contributed by atoms with Gasteiger partial charge in [0.1, 0.15) is 5.75 Å². The van der Waals surface area contributed by atoms with Crippen molar-refractivity contribution in [3.8, 4) is 5.75 Å². The van der Waals surface area contributed by atoms with Crippen molar-refractivity contribution in [1.29, 1.82) is 0 Å². The van der Waals surface area contributed by atoms with Gasteiger partial charge in [0.2, 0.25) is 0 Å². The van der Waals surface area contributed by atoms with Crippen LogP contribution < -0.4 is 10.1 Å². The normalized spacial score (nSPS) is 10.2. The number of aromatic nitrogens is 1. The van der Waals surface area contributed by atoms with Crippen molar-refractivity contribution in [1.82, 2.24) is 4.98 Å². The highest BCUT2D eigenvalue weighted by molar-refractivity contribution is 9.10. The van der Waals surface area contributed by atoms with Crippen LogP contribution in [0.1, 0.15) is 30.1 Å². The monoisotopic (exact) mass is 348 g/mol. The molecule has 0 spiro atoms. The first-order valence-electron chi connectivity index (χ1n) is 6.84. The fourth-order valence-electron chi connectivity index (χ4n) is 1.75. The zero-order valence-corrected chi connectivity index (χ0v) is 13.4. The molecular formula is C16H17BrN2O2. The first-order valence-corrected chi connectivity index (χ1v) is 7.63. The number of rotatable bonds is 6. The van der Waals surface area contributed by atoms with E-state index in [0.717, 1.165) is 17.3 Å². The number of pyridine rings is 1. The molecule has 0 unspecified atom stereocenters. The van der Waals surface area contributed by atoms with Crippen LogP contribution in [0.2, 0.25) is 0 Å². The number of anilines is 1. The van der Waals surface area contributed by atoms with E-state index in [1.807, 2.05) is 24.3 Å². The van der Waals surface area contributed by atoms with Crippen molar-refractivity contribution in [3.05, 3.63) is 52.8 Å². The van der Waals surface area contributed by atoms with Crippen LogP contribution in [0.25, 0.3) is 0 Å². The van der Waals surface area contributed by atoms with E-state index < -0.39 is 0 Å². The standard InChI is InChI=1S/C16H17BrN2O2/c1-2-3-8-21-15-7-5-4-6-14(15)19-16(20)12-9-13(17)11-18-10-12/h4-7,9-11H,2-3,8H2,1H3,(H,19,20). The molecule has 1 aromatic heterocycles. The van der Waals surface area contributed by atoms with Crippen LogP contribution in [0.5, 0.6) is 5.75 Å². The average Bonchev–Trinajstić information content (AvgIpc) is 2.49. The summed E-state index contributed by atoms with van der Waals surface area (Å²) < 4.78 is 6.46. The zero-order chi connectivity index (χ0) is 15.1. The maximum absolute atomic E-state index is 12.2. The molecule has 0 aliphatic carbocycles. The summed E-state index contributed by atoms with van der Waals surface area (Å²) in [6.07, 6.45) is 5.22. The van der Waals surface area contributed by atoms with Crippen LogP contribution in [-0.4, -0.2) is 17.5 Å². The zero-order valence-electron chi connectivity index (χ0n) is 11.8. The highest BCUT2D eigenvalue weighted by Crippen LogP contribution is 2.24. The summed E-state index contributed by atoms with van der Waals surface area (Å²) in [5.41, 5.74) is 1.16. The number of hydrogen-bond donors (Lipinski definition) is 1. The maximum atomic E-state index is 12.2. The SMILES string of the molecule is CCCCOc1ccccc1NC(=O)c1cncc(Br)c1. The van der Waals surface area contributed by atoms with Gasteiger partial charge in [-0.3, -0.25) is 9.78 Å². The average molecular weight is 349 g/mol. The van der Waals surface area contributed by atoms with Crippen molar-refractivity contribution in [2.24, 2.45) is 0 Å². The number of para-hydroxylation sites is 2. The molecule has 0 aliphatic heterocycles. The molecule has 2 rings (SSSR count). The Labute approximate surface area is 132 Å². The largest absolute Gasteiger partial charge is 0.491 e. The number of ether oxygens (including phenoxy) is 1. The van der Waals surface area contributed by atoms with Crippen molar-refractivity contribution in [2.75, 3.05) is 11.9 Å². The van der Waals surface area contributed by atoms with Gasteiger partial charge in [-0.2, -0.15) is 0 Å². The molecule has 1 heterocycles. The summed E-state index contributed by atoms with van der Waals surface area (Å²) in [4.78, 5) is 16.2. The Morgan fingerprint density at radius 2 is 2.14 bits per heavy atom. The molecule has 0 atom stereocenters. The van der Waals surface area contributed by atoms with Gasteiger partial charge in [0.25, 0.3) is 5.91 Å². The molecule has 0 saturated carbocycles. The Morgan fingerprint density at radius 3 is 2.90 bits per heavy atom. The third-order valence-corrected chi connectivity index (χ3v) is 3.29. The molecule has 0 aliphatic rings. The number of amides is 1. The van der Waals surface area contributed by atoms with Crippen LogP contribution >= 0.6 is 15.9 Å². The lowest BCUT2D eigenvalue weighted by molar-refractivity contribution is 0.102. The van der Waals surface area contributed by atoms with E-state index >= 15 is 0 Å². The topological polar surface area (TPSA) is 51.2 Å². The first kappa shape index (κ1) is 15.5. The number of unbranched alkanes of at least 4 members (excludes halogenated alkanes) is 1. The van der Waals surface area contributed by atoms with Gasteiger partial charge in [0, 0.05) is 16.9 Å². The van der Waals surface area contributed by atoms with E-state index in [2.05, 4.69) is 33.2 Å². The summed E-state index contributed by atoms with van der Waals surface area (Å²) in [6.45, 7) is 2.75. The maximum Gasteiger partial charge on any atom is 0.257 e. The molecule has 1 aromatic carbocycles. The van der Waals surface area contributed by atoms with Gasteiger partial charge in [-0.05, 0) is 40.5 Å². The second kappa shape index (κ2) is 7.78. The summed E-state index contributed by atoms with van der Waals surface area (Å²) in [5.74, 6) is 0.470. The minimum atomic E-state index is -0.213. The highest BCUT2D eigenvalue weighted by atomic mass is 79.9. The summed E-state index contributed by atoms with van der Waals surface area (Å²) >= 11 is 3.31. The van der Waals surface area contributed by atoms with Crippen molar-refractivity contribution >= 4 is 27.5 Å². The van der Waals surface area contributed by atoms with Gasteiger partial charge in [0.05, 0.1) is 17.9 Å². The Bertz CT molecular complexity index is 617. The lowest BCUT2D eigenvalue weighted by Crippen LogP contribution is -2.13. The number of benzene rings is 1. The molecule has 4 nitrogen and oxygen atoms in total. The molecule has 0 saturated heterocycles. The first-order chi connectivity index (χ1) is 10.2. The highest BCUT2D eigenvalue weighted by Gasteiger charge is 2.10. The van der Waals surface area contributed by atoms with Gasteiger partial charge < -0.3 is 10.1 Å². The molecule has 0 radical (unpaired) electrons. The molecule has 110 valence electrons. The predicted octanol–water partition coefficient (Wildman–Crippen LogP) is 4.28. The lowest BCUT2D eigenvalue weighted by atomic mass is 10.2. The summed E-state index contributed by atoms with van der Waals surface area (Å²) in [7, 11) is 0. The van der Waals surface area contributed by atoms with Crippen molar-refractivity contribution in [3.63, 3.8) is 0 Å². The Hall–Kier alpha value is -1.88. The van der Waals surface area contributed by atoms with Gasteiger partial charge >= 0.3 is 0 Å². The van der Waals surface area contributed by atoms with E-state index in [-0.39, 0.29) is 5.91 Å². The Balaban J connectivity index is 2.10. The number of carbonyl (C=O) groups excluding carboxylic acids is 1. The number of nitrogens with zero attached hydrogens (tertiary/aromatic N) is 1.